The molecule has 6 heteroatoms. The quantitative estimate of drug-likeness (QED) is 0.145. The summed E-state index contributed by atoms with van der Waals surface area (Å²) >= 11 is 0. The summed E-state index contributed by atoms with van der Waals surface area (Å²) < 4.78 is 22.3. The fraction of sp³-hybridized carbons (Fsp3) is 0.235. The highest BCUT2D eigenvalue weighted by molar-refractivity contribution is 6.04. The van der Waals surface area contributed by atoms with Gasteiger partial charge in [0.05, 0.1) is 39.6 Å². The van der Waals surface area contributed by atoms with Gasteiger partial charge < -0.3 is 29.2 Å². The Bertz CT molecular complexity index is 1190. The Morgan fingerprint density at radius 1 is 0.400 bits per heavy atom. The SMILES string of the molecule is OCCOCCOc1ccc(C(=C(c2ccccc2)c2ccccc2)c2ccc(OCCOCCO)cc2)cc1. The van der Waals surface area contributed by atoms with E-state index in [1.165, 1.54) is 0 Å². The molecule has 0 aliphatic heterocycles. The molecule has 0 atom stereocenters. The molecule has 4 aromatic rings. The molecule has 2 N–H and O–H groups in total. The minimum absolute atomic E-state index is 0.00111. The van der Waals surface area contributed by atoms with Crippen molar-refractivity contribution < 1.29 is 29.2 Å². The van der Waals surface area contributed by atoms with Gasteiger partial charge in [0.1, 0.15) is 24.7 Å². The smallest absolute Gasteiger partial charge is 0.119 e. The van der Waals surface area contributed by atoms with Crippen LogP contribution in [0, 0.1) is 0 Å². The lowest BCUT2D eigenvalue weighted by Gasteiger charge is -2.19. The Labute approximate surface area is 236 Å². The van der Waals surface area contributed by atoms with E-state index in [0.717, 1.165) is 44.9 Å². The van der Waals surface area contributed by atoms with Crippen LogP contribution in [0.3, 0.4) is 0 Å². The van der Waals surface area contributed by atoms with Crippen molar-refractivity contribution in [3.63, 3.8) is 0 Å². The molecular formula is C34H36O6. The number of aliphatic hydroxyl groups excluding tert-OH is 2. The van der Waals surface area contributed by atoms with Gasteiger partial charge in [0, 0.05) is 0 Å². The van der Waals surface area contributed by atoms with Crippen LogP contribution in [0.25, 0.3) is 11.1 Å². The number of aliphatic hydroxyl groups is 2. The third kappa shape index (κ3) is 8.53. The first-order valence-electron chi connectivity index (χ1n) is 13.5. The van der Waals surface area contributed by atoms with E-state index in [0.29, 0.717) is 39.6 Å². The predicted molar refractivity (Wildman–Crippen MR) is 158 cm³/mol. The second-order valence-electron chi connectivity index (χ2n) is 8.90. The average molecular weight is 541 g/mol. The maximum Gasteiger partial charge on any atom is 0.119 e. The van der Waals surface area contributed by atoms with Crippen molar-refractivity contribution in [2.75, 3.05) is 52.9 Å². The molecular weight excluding hydrogens is 504 g/mol. The number of benzene rings is 4. The van der Waals surface area contributed by atoms with Gasteiger partial charge in [-0.1, -0.05) is 84.9 Å². The van der Waals surface area contributed by atoms with Crippen molar-refractivity contribution in [1.29, 1.82) is 0 Å². The zero-order valence-electron chi connectivity index (χ0n) is 22.6. The molecule has 4 rings (SSSR count). The average Bonchev–Trinajstić information content (AvgIpc) is 3.01. The van der Waals surface area contributed by atoms with Gasteiger partial charge >= 0.3 is 0 Å². The monoisotopic (exact) mass is 540 g/mol. The van der Waals surface area contributed by atoms with Gasteiger partial charge in [-0.2, -0.15) is 0 Å². The fourth-order valence-corrected chi connectivity index (χ4v) is 4.33. The van der Waals surface area contributed by atoms with E-state index in [1.807, 2.05) is 36.4 Å². The van der Waals surface area contributed by atoms with Gasteiger partial charge in [-0.15, -0.1) is 0 Å². The Balaban J connectivity index is 1.69. The molecule has 0 heterocycles. The Kier molecular flexibility index (Phi) is 11.8. The minimum Gasteiger partial charge on any atom is -0.491 e. The van der Waals surface area contributed by atoms with Gasteiger partial charge in [-0.3, -0.25) is 0 Å². The molecule has 0 saturated carbocycles. The van der Waals surface area contributed by atoms with Crippen molar-refractivity contribution in [1.82, 2.24) is 0 Å². The summed E-state index contributed by atoms with van der Waals surface area (Å²) in [5.74, 6) is 1.51. The normalized spacial score (nSPS) is 10.8. The number of hydrogen-bond acceptors (Lipinski definition) is 6. The lowest BCUT2D eigenvalue weighted by Crippen LogP contribution is -2.09. The fourth-order valence-electron chi connectivity index (χ4n) is 4.33. The molecule has 0 aromatic heterocycles. The standard InChI is InChI=1S/C34H36O6/c35-19-21-37-23-25-39-31-15-11-29(12-16-31)34(30-13-17-32(18-14-30)40-26-24-38-22-20-36)33(27-7-3-1-4-8-27)28-9-5-2-6-10-28/h1-18,35-36H,19-26H2. The van der Waals surface area contributed by atoms with Crippen LogP contribution < -0.4 is 9.47 Å². The second kappa shape index (κ2) is 16.2. The highest BCUT2D eigenvalue weighted by Crippen LogP contribution is 2.37. The molecule has 0 radical (unpaired) electrons. The summed E-state index contributed by atoms with van der Waals surface area (Å²) in [7, 11) is 0. The van der Waals surface area contributed by atoms with Gasteiger partial charge in [-0.05, 0) is 57.7 Å². The van der Waals surface area contributed by atoms with Gasteiger partial charge in [0.15, 0.2) is 0 Å². The first-order chi connectivity index (χ1) is 19.8. The van der Waals surface area contributed by atoms with Crippen molar-refractivity contribution in [3.8, 4) is 11.5 Å². The van der Waals surface area contributed by atoms with Crippen molar-refractivity contribution in [2.45, 2.75) is 0 Å². The van der Waals surface area contributed by atoms with Crippen LogP contribution >= 0.6 is 0 Å². The summed E-state index contributed by atoms with van der Waals surface area (Å²) in [5.41, 5.74) is 6.56. The molecule has 0 saturated heterocycles. The minimum atomic E-state index is 0.00111. The van der Waals surface area contributed by atoms with E-state index in [1.54, 1.807) is 0 Å². The molecule has 0 aliphatic carbocycles. The summed E-state index contributed by atoms with van der Waals surface area (Å²) in [4.78, 5) is 0. The topological polar surface area (TPSA) is 77.4 Å². The first kappa shape index (κ1) is 29.1. The van der Waals surface area contributed by atoms with E-state index >= 15 is 0 Å². The molecule has 4 aromatic carbocycles. The number of rotatable bonds is 16. The zero-order valence-corrected chi connectivity index (χ0v) is 22.6. The van der Waals surface area contributed by atoms with Crippen LogP contribution in [0.5, 0.6) is 11.5 Å². The first-order valence-corrected chi connectivity index (χ1v) is 13.5. The van der Waals surface area contributed by atoms with Crippen LogP contribution in [0.1, 0.15) is 22.3 Å². The summed E-state index contributed by atoms with van der Waals surface area (Å²) in [5, 5.41) is 17.7. The molecule has 6 nitrogen and oxygen atoms in total. The van der Waals surface area contributed by atoms with E-state index in [9.17, 15) is 0 Å². The van der Waals surface area contributed by atoms with Gasteiger partial charge in [-0.25, -0.2) is 0 Å². The third-order valence-electron chi connectivity index (χ3n) is 6.12. The highest BCUT2D eigenvalue weighted by atomic mass is 16.5. The van der Waals surface area contributed by atoms with Crippen molar-refractivity contribution in [3.05, 3.63) is 131 Å². The molecule has 0 spiro atoms. The van der Waals surface area contributed by atoms with Crippen molar-refractivity contribution >= 4 is 11.1 Å². The van der Waals surface area contributed by atoms with E-state index in [4.69, 9.17) is 29.2 Å². The van der Waals surface area contributed by atoms with Crippen LogP contribution in [0.2, 0.25) is 0 Å². The Hall–Kier alpha value is -3.94. The van der Waals surface area contributed by atoms with Crippen LogP contribution in [0.15, 0.2) is 109 Å². The summed E-state index contributed by atoms with van der Waals surface area (Å²) in [6.07, 6.45) is 0. The Morgan fingerprint density at radius 2 is 0.750 bits per heavy atom. The number of hydrogen-bond donors (Lipinski definition) is 2. The van der Waals surface area contributed by atoms with E-state index < -0.39 is 0 Å². The molecule has 208 valence electrons. The summed E-state index contributed by atoms with van der Waals surface area (Å²) in [6, 6.07) is 37.0. The lowest BCUT2D eigenvalue weighted by atomic mass is 9.86. The van der Waals surface area contributed by atoms with Crippen LogP contribution in [-0.2, 0) is 9.47 Å². The third-order valence-corrected chi connectivity index (χ3v) is 6.12. The molecule has 0 fully saturated rings. The van der Waals surface area contributed by atoms with Gasteiger partial charge in [0.2, 0.25) is 0 Å². The molecule has 40 heavy (non-hydrogen) atoms. The van der Waals surface area contributed by atoms with E-state index in [2.05, 4.69) is 72.8 Å². The van der Waals surface area contributed by atoms with Gasteiger partial charge in [0.25, 0.3) is 0 Å². The van der Waals surface area contributed by atoms with E-state index in [-0.39, 0.29) is 13.2 Å². The maximum atomic E-state index is 8.86. The largest absolute Gasteiger partial charge is 0.491 e. The van der Waals surface area contributed by atoms with Crippen molar-refractivity contribution in [2.24, 2.45) is 0 Å². The predicted octanol–water partition coefficient (Wildman–Crippen LogP) is 5.47. The summed E-state index contributed by atoms with van der Waals surface area (Å²) in [6.45, 7) is 2.27. The molecule has 0 bridgehead atoms. The maximum absolute atomic E-state index is 8.86. The van der Waals surface area contributed by atoms with Crippen LogP contribution in [0.4, 0.5) is 0 Å². The molecule has 0 aliphatic rings. The molecule has 0 amide bonds. The number of ether oxygens (including phenoxy) is 4. The van der Waals surface area contributed by atoms with Crippen LogP contribution in [-0.4, -0.2) is 63.1 Å². The highest BCUT2D eigenvalue weighted by Gasteiger charge is 2.16. The Morgan fingerprint density at radius 3 is 1.10 bits per heavy atom. The second-order valence-corrected chi connectivity index (χ2v) is 8.90. The lowest BCUT2D eigenvalue weighted by molar-refractivity contribution is 0.0705. The molecule has 0 unspecified atom stereocenters. The zero-order chi connectivity index (χ0) is 27.8.